The van der Waals surface area contributed by atoms with Crippen molar-refractivity contribution in [3.05, 3.63) is 64.7 Å². The van der Waals surface area contributed by atoms with Crippen LogP contribution in [0.1, 0.15) is 28.9 Å². The van der Waals surface area contributed by atoms with Crippen molar-refractivity contribution in [1.29, 1.82) is 0 Å². The molecule has 0 saturated carbocycles. The minimum atomic E-state index is -3.70. The summed E-state index contributed by atoms with van der Waals surface area (Å²) in [7, 11) is -3.70. The number of hydrogen-bond donors (Lipinski definition) is 1. The second-order valence-electron chi connectivity index (χ2n) is 5.94. The second kappa shape index (κ2) is 8.50. The average Bonchev–Trinajstić information content (AvgIpc) is 2.62. The second-order valence-corrected chi connectivity index (χ2v) is 8.24. The van der Waals surface area contributed by atoms with Gasteiger partial charge in [0.05, 0.1) is 10.9 Å². The van der Waals surface area contributed by atoms with E-state index in [1.807, 2.05) is 18.2 Å². The maximum Gasteiger partial charge on any atom is 0.243 e. The zero-order chi connectivity index (χ0) is 18.0. The summed E-state index contributed by atoms with van der Waals surface area (Å²) >= 11 is 6.29. The highest BCUT2D eigenvalue weighted by Gasteiger charge is 2.35. The van der Waals surface area contributed by atoms with Gasteiger partial charge < -0.3 is 5.32 Å². The molecule has 0 aliphatic carbocycles. The Labute approximate surface area is 164 Å². The van der Waals surface area contributed by atoms with E-state index < -0.39 is 10.0 Å². The summed E-state index contributed by atoms with van der Waals surface area (Å²) in [5.41, 5.74) is 1.27. The number of carbonyl (C=O) groups excluding carboxylic acids is 1. The fourth-order valence-electron chi connectivity index (χ4n) is 2.98. The van der Waals surface area contributed by atoms with Crippen molar-refractivity contribution >= 4 is 39.8 Å². The first-order valence-electron chi connectivity index (χ1n) is 7.99. The summed E-state index contributed by atoms with van der Waals surface area (Å²) < 4.78 is 27.7. The van der Waals surface area contributed by atoms with Gasteiger partial charge in [0.15, 0.2) is 5.78 Å². The van der Waals surface area contributed by atoms with E-state index in [2.05, 4.69) is 5.32 Å². The number of hydrogen-bond acceptors (Lipinski definition) is 4. The maximum absolute atomic E-state index is 13.1. The monoisotopic (exact) mass is 414 g/mol. The van der Waals surface area contributed by atoms with Crippen LogP contribution in [0.25, 0.3) is 0 Å². The predicted molar refractivity (Wildman–Crippen MR) is 105 cm³/mol. The van der Waals surface area contributed by atoms with Crippen LogP contribution in [-0.2, 0) is 10.0 Å². The van der Waals surface area contributed by atoms with E-state index >= 15 is 0 Å². The number of benzene rings is 2. The highest BCUT2D eigenvalue weighted by atomic mass is 35.5. The molecule has 1 aliphatic rings. The van der Waals surface area contributed by atoms with Crippen molar-refractivity contribution < 1.29 is 13.2 Å². The molecular formula is C18H20Cl2N2O3S. The third-order valence-electron chi connectivity index (χ3n) is 4.33. The molecule has 2 aromatic rings. The van der Waals surface area contributed by atoms with Gasteiger partial charge in [-0.15, -0.1) is 12.4 Å². The summed E-state index contributed by atoms with van der Waals surface area (Å²) in [6.45, 7) is 2.88. The van der Waals surface area contributed by atoms with E-state index in [1.54, 1.807) is 18.2 Å². The lowest BCUT2D eigenvalue weighted by molar-refractivity contribution is 0.101. The van der Waals surface area contributed by atoms with Crippen molar-refractivity contribution in [3.63, 3.8) is 0 Å². The maximum atomic E-state index is 13.1. The molecule has 8 heteroatoms. The molecule has 1 N–H and O–H groups in total. The standard InChI is InChI=1S/C18H19ClN2O3S.ClH/c1-13(22)14-6-8-15(9-7-14)25(23,24)21-11-10-20-12-18(21)16-4-2-3-5-17(16)19;/h2-9,18,20H,10-12H2,1H3;1H. The van der Waals surface area contributed by atoms with Gasteiger partial charge in [0.25, 0.3) is 0 Å². The van der Waals surface area contributed by atoms with Gasteiger partial charge in [0, 0.05) is 30.2 Å². The molecule has 3 rings (SSSR count). The van der Waals surface area contributed by atoms with Crippen LogP contribution in [0.3, 0.4) is 0 Å². The van der Waals surface area contributed by atoms with Crippen molar-refractivity contribution in [3.8, 4) is 0 Å². The van der Waals surface area contributed by atoms with E-state index in [1.165, 1.54) is 23.4 Å². The van der Waals surface area contributed by atoms with Crippen LogP contribution >= 0.6 is 24.0 Å². The van der Waals surface area contributed by atoms with Crippen LogP contribution < -0.4 is 5.32 Å². The fraction of sp³-hybridized carbons (Fsp3) is 0.278. The number of nitrogens with one attached hydrogen (secondary N) is 1. The van der Waals surface area contributed by atoms with Crippen molar-refractivity contribution in [1.82, 2.24) is 9.62 Å². The Morgan fingerprint density at radius 3 is 2.42 bits per heavy atom. The predicted octanol–water partition coefficient (Wildman–Crippen LogP) is 3.30. The summed E-state index contributed by atoms with van der Waals surface area (Å²) in [5, 5.41) is 3.77. The number of carbonyl (C=O) groups is 1. The number of halogens is 2. The van der Waals surface area contributed by atoms with Crippen molar-refractivity contribution in [2.45, 2.75) is 17.9 Å². The fourth-order valence-corrected chi connectivity index (χ4v) is 4.85. The molecule has 1 aliphatic heterocycles. The van der Waals surface area contributed by atoms with E-state index in [-0.39, 0.29) is 29.1 Å². The van der Waals surface area contributed by atoms with Crippen LogP contribution in [0.5, 0.6) is 0 Å². The van der Waals surface area contributed by atoms with Gasteiger partial charge in [-0.05, 0) is 30.7 Å². The van der Waals surface area contributed by atoms with Gasteiger partial charge in [-0.3, -0.25) is 4.79 Å². The SMILES string of the molecule is CC(=O)c1ccc(S(=O)(=O)N2CCNCC2c2ccccc2Cl)cc1.Cl. The molecule has 0 bridgehead atoms. The molecule has 1 saturated heterocycles. The largest absolute Gasteiger partial charge is 0.313 e. The highest BCUT2D eigenvalue weighted by molar-refractivity contribution is 7.89. The molecule has 0 radical (unpaired) electrons. The number of rotatable bonds is 4. The molecule has 26 heavy (non-hydrogen) atoms. The van der Waals surface area contributed by atoms with E-state index in [9.17, 15) is 13.2 Å². The summed E-state index contributed by atoms with van der Waals surface area (Å²) in [5.74, 6) is -0.0972. The van der Waals surface area contributed by atoms with Crippen LogP contribution in [0.15, 0.2) is 53.4 Å². The first-order valence-corrected chi connectivity index (χ1v) is 9.81. The lowest BCUT2D eigenvalue weighted by Crippen LogP contribution is -2.48. The Balaban J connectivity index is 0.00000243. The molecule has 1 atom stereocenters. The van der Waals surface area contributed by atoms with Gasteiger partial charge in [-0.25, -0.2) is 8.42 Å². The van der Waals surface area contributed by atoms with E-state index in [4.69, 9.17) is 11.6 Å². The van der Waals surface area contributed by atoms with E-state index in [0.29, 0.717) is 30.2 Å². The highest BCUT2D eigenvalue weighted by Crippen LogP contribution is 2.32. The third kappa shape index (κ3) is 4.10. The third-order valence-corrected chi connectivity index (χ3v) is 6.59. The van der Waals surface area contributed by atoms with Crippen molar-refractivity contribution in [2.75, 3.05) is 19.6 Å². The molecule has 140 valence electrons. The zero-order valence-electron chi connectivity index (χ0n) is 14.2. The Morgan fingerprint density at radius 2 is 1.81 bits per heavy atom. The molecule has 5 nitrogen and oxygen atoms in total. The van der Waals surface area contributed by atoms with Crippen LogP contribution in [0, 0.1) is 0 Å². The number of ketones is 1. The van der Waals surface area contributed by atoms with Crippen LogP contribution in [-0.4, -0.2) is 38.1 Å². The molecule has 2 aromatic carbocycles. The Morgan fingerprint density at radius 1 is 1.15 bits per heavy atom. The minimum Gasteiger partial charge on any atom is -0.313 e. The normalized spacial score (nSPS) is 18.2. The molecule has 0 spiro atoms. The number of Topliss-reactive ketones (excluding diaryl/α,β-unsaturated/α-hetero) is 1. The molecule has 1 fully saturated rings. The number of piperazine rings is 1. The molecule has 0 aromatic heterocycles. The number of sulfonamides is 1. The van der Waals surface area contributed by atoms with E-state index in [0.717, 1.165) is 5.56 Å². The lowest BCUT2D eigenvalue weighted by Gasteiger charge is -2.35. The molecule has 0 amide bonds. The average molecular weight is 415 g/mol. The lowest BCUT2D eigenvalue weighted by atomic mass is 10.1. The number of nitrogens with zero attached hydrogens (tertiary/aromatic N) is 1. The van der Waals surface area contributed by atoms with Gasteiger partial charge in [0.1, 0.15) is 0 Å². The van der Waals surface area contributed by atoms with Gasteiger partial charge in [-0.1, -0.05) is 41.9 Å². The first-order chi connectivity index (χ1) is 11.9. The van der Waals surface area contributed by atoms with Gasteiger partial charge >= 0.3 is 0 Å². The van der Waals surface area contributed by atoms with Gasteiger partial charge in [0.2, 0.25) is 10.0 Å². The summed E-state index contributed by atoms with van der Waals surface area (Å²) in [4.78, 5) is 11.6. The summed E-state index contributed by atoms with van der Waals surface area (Å²) in [6.07, 6.45) is 0. The first kappa shape index (κ1) is 20.9. The Kier molecular flexibility index (Phi) is 6.82. The van der Waals surface area contributed by atoms with Gasteiger partial charge in [-0.2, -0.15) is 4.31 Å². The molecule has 1 heterocycles. The van der Waals surface area contributed by atoms with Crippen LogP contribution in [0.4, 0.5) is 0 Å². The Bertz CT molecular complexity index is 886. The summed E-state index contributed by atoms with van der Waals surface area (Å²) in [6, 6.07) is 13.0. The minimum absolute atomic E-state index is 0. The Hall–Kier alpha value is -1.44. The van der Waals surface area contributed by atoms with Crippen LogP contribution in [0.2, 0.25) is 5.02 Å². The van der Waals surface area contributed by atoms with Crippen molar-refractivity contribution in [2.24, 2.45) is 0 Å². The molecular weight excluding hydrogens is 395 g/mol. The smallest absolute Gasteiger partial charge is 0.243 e. The molecule has 1 unspecified atom stereocenters. The topological polar surface area (TPSA) is 66.5 Å². The quantitative estimate of drug-likeness (QED) is 0.779. The zero-order valence-corrected chi connectivity index (χ0v) is 16.6.